The smallest absolute Gasteiger partial charge is 0.322 e. The SMILES string of the molecule is COc1ccc(OC)c2c1CN(C(=O)Nc1ccc(Cl)c(Cl)c1)C[C@@H]2O. The normalized spacial score (nSPS) is 16.0. The molecule has 2 amide bonds. The Labute approximate surface area is 161 Å². The highest BCUT2D eigenvalue weighted by Crippen LogP contribution is 2.39. The third kappa shape index (κ3) is 3.53. The number of benzene rings is 2. The van der Waals surface area contributed by atoms with Gasteiger partial charge in [-0.25, -0.2) is 4.79 Å². The van der Waals surface area contributed by atoms with Gasteiger partial charge in [-0.2, -0.15) is 0 Å². The van der Waals surface area contributed by atoms with Crippen LogP contribution in [0.2, 0.25) is 10.0 Å². The number of carbonyl (C=O) groups is 1. The van der Waals surface area contributed by atoms with Gasteiger partial charge in [0, 0.05) is 16.8 Å². The Bertz CT molecular complexity index is 844. The van der Waals surface area contributed by atoms with Gasteiger partial charge in [0.05, 0.1) is 37.4 Å². The number of nitrogens with zero attached hydrogens (tertiary/aromatic N) is 1. The zero-order valence-electron chi connectivity index (χ0n) is 14.3. The molecule has 0 fully saturated rings. The van der Waals surface area contributed by atoms with Gasteiger partial charge in [-0.1, -0.05) is 23.2 Å². The summed E-state index contributed by atoms with van der Waals surface area (Å²) in [5.41, 5.74) is 1.88. The van der Waals surface area contributed by atoms with Gasteiger partial charge in [-0.15, -0.1) is 0 Å². The first-order chi connectivity index (χ1) is 12.4. The molecule has 6 nitrogen and oxygen atoms in total. The second kappa shape index (κ2) is 7.61. The van der Waals surface area contributed by atoms with E-state index < -0.39 is 6.10 Å². The minimum Gasteiger partial charge on any atom is -0.496 e. The quantitative estimate of drug-likeness (QED) is 0.819. The van der Waals surface area contributed by atoms with Crippen LogP contribution >= 0.6 is 23.2 Å². The van der Waals surface area contributed by atoms with Crippen LogP contribution in [0.1, 0.15) is 17.2 Å². The van der Waals surface area contributed by atoms with Crippen LogP contribution in [-0.4, -0.2) is 36.8 Å². The topological polar surface area (TPSA) is 71.0 Å². The maximum Gasteiger partial charge on any atom is 0.322 e. The number of β-amino-alcohol motifs (C(OH)–C–C–N with tert-alkyl or cyclic N) is 1. The lowest BCUT2D eigenvalue weighted by Crippen LogP contribution is -2.41. The maximum atomic E-state index is 12.6. The van der Waals surface area contributed by atoms with Crippen molar-refractivity contribution in [1.29, 1.82) is 0 Å². The average molecular weight is 397 g/mol. The van der Waals surface area contributed by atoms with Gasteiger partial charge in [-0.05, 0) is 30.3 Å². The van der Waals surface area contributed by atoms with Crippen LogP contribution in [0.3, 0.4) is 0 Å². The maximum absolute atomic E-state index is 12.6. The molecule has 1 heterocycles. The molecule has 0 spiro atoms. The molecule has 0 saturated carbocycles. The predicted molar refractivity (Wildman–Crippen MR) is 100 cm³/mol. The van der Waals surface area contributed by atoms with Crippen LogP contribution in [0.25, 0.3) is 0 Å². The van der Waals surface area contributed by atoms with Crippen molar-refractivity contribution in [2.75, 3.05) is 26.1 Å². The van der Waals surface area contributed by atoms with Crippen molar-refractivity contribution in [2.45, 2.75) is 12.6 Å². The molecule has 0 saturated heterocycles. The van der Waals surface area contributed by atoms with E-state index in [1.807, 2.05) is 0 Å². The van der Waals surface area contributed by atoms with Crippen molar-refractivity contribution in [3.8, 4) is 11.5 Å². The molecular formula is C18H18Cl2N2O4. The molecule has 2 aromatic carbocycles. The summed E-state index contributed by atoms with van der Waals surface area (Å²) >= 11 is 11.9. The Kier molecular flexibility index (Phi) is 5.46. The molecule has 3 rings (SSSR count). The molecule has 8 heteroatoms. The van der Waals surface area contributed by atoms with Gasteiger partial charge < -0.3 is 24.8 Å². The summed E-state index contributed by atoms with van der Waals surface area (Å²) in [4.78, 5) is 14.1. The highest BCUT2D eigenvalue weighted by molar-refractivity contribution is 6.42. The number of ether oxygens (including phenoxy) is 2. The minimum absolute atomic E-state index is 0.129. The lowest BCUT2D eigenvalue weighted by Gasteiger charge is -2.34. The Morgan fingerprint density at radius 1 is 1.15 bits per heavy atom. The Hall–Kier alpha value is -2.15. The zero-order valence-corrected chi connectivity index (χ0v) is 15.8. The molecule has 26 heavy (non-hydrogen) atoms. The van der Waals surface area contributed by atoms with E-state index >= 15 is 0 Å². The third-order valence-corrected chi connectivity index (χ3v) is 4.99. The largest absolute Gasteiger partial charge is 0.496 e. The number of nitrogens with one attached hydrogen (secondary N) is 1. The van der Waals surface area contributed by atoms with E-state index in [1.165, 1.54) is 12.0 Å². The number of halogens is 2. The molecule has 1 atom stereocenters. The van der Waals surface area contributed by atoms with Crippen molar-refractivity contribution in [3.05, 3.63) is 51.5 Å². The van der Waals surface area contributed by atoms with Crippen molar-refractivity contribution >= 4 is 34.9 Å². The van der Waals surface area contributed by atoms with Crippen LogP contribution in [-0.2, 0) is 6.54 Å². The first-order valence-corrected chi connectivity index (χ1v) is 8.63. The molecule has 0 bridgehead atoms. The van der Waals surface area contributed by atoms with Gasteiger partial charge in [0.1, 0.15) is 17.6 Å². The first-order valence-electron chi connectivity index (χ1n) is 7.87. The van der Waals surface area contributed by atoms with E-state index in [-0.39, 0.29) is 19.1 Å². The molecule has 1 aliphatic heterocycles. The molecule has 138 valence electrons. The molecule has 2 aromatic rings. The molecule has 0 aliphatic carbocycles. The van der Waals surface area contributed by atoms with E-state index in [0.717, 1.165) is 5.56 Å². The van der Waals surface area contributed by atoms with E-state index in [9.17, 15) is 9.90 Å². The van der Waals surface area contributed by atoms with Crippen molar-refractivity contribution in [3.63, 3.8) is 0 Å². The lowest BCUT2D eigenvalue weighted by molar-refractivity contribution is 0.105. The molecule has 0 unspecified atom stereocenters. The number of aliphatic hydroxyl groups is 1. The number of hydrogen-bond acceptors (Lipinski definition) is 4. The fourth-order valence-corrected chi connectivity index (χ4v) is 3.31. The second-order valence-corrected chi connectivity index (χ2v) is 6.63. The summed E-state index contributed by atoms with van der Waals surface area (Å²) in [6.45, 7) is 0.406. The summed E-state index contributed by atoms with van der Waals surface area (Å²) in [6, 6.07) is 7.96. The summed E-state index contributed by atoms with van der Waals surface area (Å²) in [5, 5.41) is 14.1. The fraction of sp³-hybridized carbons (Fsp3) is 0.278. The summed E-state index contributed by atoms with van der Waals surface area (Å²) < 4.78 is 10.7. The van der Waals surface area contributed by atoms with E-state index in [1.54, 1.807) is 37.4 Å². The number of anilines is 1. The zero-order chi connectivity index (χ0) is 18.8. The average Bonchev–Trinajstić information content (AvgIpc) is 2.63. The summed E-state index contributed by atoms with van der Waals surface area (Å²) in [5.74, 6) is 1.16. The number of carbonyl (C=O) groups excluding carboxylic acids is 1. The van der Waals surface area contributed by atoms with E-state index in [2.05, 4.69) is 5.32 Å². The monoisotopic (exact) mass is 396 g/mol. The molecule has 0 radical (unpaired) electrons. The Morgan fingerprint density at radius 2 is 1.85 bits per heavy atom. The van der Waals surface area contributed by atoms with Crippen LogP contribution < -0.4 is 14.8 Å². The van der Waals surface area contributed by atoms with Gasteiger partial charge in [0.2, 0.25) is 0 Å². The van der Waals surface area contributed by atoms with Crippen molar-refractivity contribution in [1.82, 2.24) is 4.90 Å². The number of fused-ring (bicyclic) bond motifs is 1. The van der Waals surface area contributed by atoms with Gasteiger partial charge in [0.15, 0.2) is 0 Å². The van der Waals surface area contributed by atoms with Crippen molar-refractivity contribution in [2.24, 2.45) is 0 Å². The van der Waals surface area contributed by atoms with Crippen LogP contribution in [0, 0.1) is 0 Å². The van der Waals surface area contributed by atoms with Gasteiger partial charge in [0.25, 0.3) is 0 Å². The first kappa shape index (κ1) is 18.6. The summed E-state index contributed by atoms with van der Waals surface area (Å²) in [6.07, 6.45) is -0.886. The molecule has 0 aromatic heterocycles. The highest BCUT2D eigenvalue weighted by Gasteiger charge is 2.32. The standard InChI is InChI=1S/C18H18Cl2N2O4/c1-25-15-5-6-16(26-2)17-11(15)8-22(9-14(17)23)18(24)21-10-3-4-12(19)13(20)7-10/h3-7,14,23H,8-9H2,1-2H3,(H,21,24)/t14-/m0/s1. The number of urea groups is 1. The van der Waals surface area contributed by atoms with Crippen LogP contribution in [0.4, 0.5) is 10.5 Å². The Morgan fingerprint density at radius 3 is 2.50 bits per heavy atom. The Balaban J connectivity index is 1.85. The van der Waals surface area contributed by atoms with Gasteiger partial charge >= 0.3 is 6.03 Å². The van der Waals surface area contributed by atoms with Crippen LogP contribution in [0.15, 0.2) is 30.3 Å². The number of amides is 2. The number of aliphatic hydroxyl groups excluding tert-OH is 1. The molecular weight excluding hydrogens is 379 g/mol. The van der Waals surface area contributed by atoms with Crippen molar-refractivity contribution < 1.29 is 19.4 Å². The number of hydrogen-bond donors (Lipinski definition) is 2. The van der Waals surface area contributed by atoms with Gasteiger partial charge in [-0.3, -0.25) is 0 Å². The highest BCUT2D eigenvalue weighted by atomic mass is 35.5. The molecule has 2 N–H and O–H groups in total. The summed E-state index contributed by atoms with van der Waals surface area (Å²) in [7, 11) is 3.08. The third-order valence-electron chi connectivity index (χ3n) is 4.25. The number of rotatable bonds is 3. The van der Waals surface area contributed by atoms with Crippen LogP contribution in [0.5, 0.6) is 11.5 Å². The van der Waals surface area contributed by atoms with E-state index in [4.69, 9.17) is 32.7 Å². The lowest BCUT2D eigenvalue weighted by atomic mass is 9.95. The minimum atomic E-state index is -0.886. The number of methoxy groups -OCH3 is 2. The fourth-order valence-electron chi connectivity index (χ4n) is 3.01. The van der Waals surface area contributed by atoms with E-state index in [0.29, 0.717) is 32.8 Å². The second-order valence-electron chi connectivity index (χ2n) is 5.82. The predicted octanol–water partition coefficient (Wildman–Crippen LogP) is 4.09. The molecule has 1 aliphatic rings.